The van der Waals surface area contributed by atoms with E-state index in [1.165, 1.54) is 0 Å². The van der Waals surface area contributed by atoms with Gasteiger partial charge in [-0.05, 0) is 24.6 Å². The summed E-state index contributed by atoms with van der Waals surface area (Å²) in [5, 5.41) is 4.01. The zero-order chi connectivity index (χ0) is 15.0. The molecule has 0 fully saturated rings. The maximum Gasteiger partial charge on any atom is 0.231 e. The Morgan fingerprint density at radius 3 is 2.76 bits per heavy atom. The fourth-order valence-corrected chi connectivity index (χ4v) is 3.74. The average Bonchev–Trinajstić information content (AvgIpc) is 2.97. The van der Waals surface area contributed by atoms with Crippen LogP contribution >= 0.6 is 11.6 Å². The summed E-state index contributed by atoms with van der Waals surface area (Å²) < 4.78 is 39.7. The van der Waals surface area contributed by atoms with E-state index in [-0.39, 0.29) is 18.3 Å². The van der Waals surface area contributed by atoms with Crippen LogP contribution in [0.5, 0.6) is 11.5 Å². The second-order valence-electron chi connectivity index (χ2n) is 4.78. The molecule has 0 aliphatic carbocycles. The first kappa shape index (κ1) is 14.2. The van der Waals surface area contributed by atoms with E-state index in [2.05, 4.69) is 5.16 Å². The molecule has 0 spiro atoms. The summed E-state index contributed by atoms with van der Waals surface area (Å²) in [6.07, 6.45) is 0. The first-order valence-corrected chi connectivity index (χ1v) is 8.33. The molecule has 8 heteroatoms. The zero-order valence-corrected chi connectivity index (χ0v) is 12.7. The number of rotatable bonds is 4. The lowest BCUT2D eigenvalue weighted by atomic mass is 10.2. The molecule has 0 atom stereocenters. The van der Waals surface area contributed by atoms with Gasteiger partial charge in [0.15, 0.2) is 27.1 Å². The number of nitrogens with zero attached hydrogens (tertiary/aromatic N) is 1. The minimum atomic E-state index is -3.40. The van der Waals surface area contributed by atoms with Crippen LogP contribution in [0.1, 0.15) is 17.0 Å². The molecular weight excluding hydrogens is 318 g/mol. The first-order valence-electron chi connectivity index (χ1n) is 6.13. The van der Waals surface area contributed by atoms with E-state index < -0.39 is 9.84 Å². The molecule has 1 aliphatic heterocycles. The molecule has 0 amide bonds. The number of hydrogen-bond donors (Lipinski definition) is 0. The molecule has 21 heavy (non-hydrogen) atoms. The van der Waals surface area contributed by atoms with Gasteiger partial charge in [-0.15, -0.1) is 0 Å². The highest BCUT2D eigenvalue weighted by Crippen LogP contribution is 2.40. The summed E-state index contributed by atoms with van der Waals surface area (Å²) in [5.41, 5.74) is 1.19. The van der Waals surface area contributed by atoms with Crippen LogP contribution in [-0.4, -0.2) is 20.4 Å². The number of benzene rings is 1. The lowest BCUT2D eigenvalue weighted by molar-refractivity contribution is 0.174. The van der Waals surface area contributed by atoms with Crippen molar-refractivity contribution in [2.24, 2.45) is 0 Å². The largest absolute Gasteiger partial charge is 0.454 e. The Bertz CT molecular complexity index is 784. The Balaban J connectivity index is 1.81. The number of sulfone groups is 1. The number of fused-ring (bicyclic) bond motifs is 1. The van der Waals surface area contributed by atoms with Crippen LogP contribution in [0.3, 0.4) is 0 Å². The predicted octanol–water partition coefficient (Wildman–Crippen LogP) is 2.48. The molecule has 0 saturated carbocycles. The second-order valence-corrected chi connectivity index (χ2v) is 7.25. The molecule has 1 aromatic carbocycles. The average molecular weight is 330 g/mol. The van der Waals surface area contributed by atoms with Gasteiger partial charge in [-0.2, -0.15) is 0 Å². The molecule has 1 aromatic heterocycles. The van der Waals surface area contributed by atoms with E-state index in [1.807, 2.05) is 0 Å². The minimum absolute atomic E-state index is 0.0859. The predicted molar refractivity (Wildman–Crippen MR) is 75.1 cm³/mol. The fraction of sp³-hybridized carbons (Fsp3) is 0.308. The lowest BCUT2D eigenvalue weighted by Gasteiger charge is -2.05. The summed E-state index contributed by atoms with van der Waals surface area (Å²) in [4.78, 5) is 0. The van der Waals surface area contributed by atoms with Crippen LogP contribution in [0.2, 0.25) is 5.02 Å². The van der Waals surface area contributed by atoms with Crippen LogP contribution in [0.25, 0.3) is 0 Å². The van der Waals surface area contributed by atoms with Crippen LogP contribution in [0.15, 0.2) is 22.7 Å². The van der Waals surface area contributed by atoms with Crippen LogP contribution in [0.4, 0.5) is 0 Å². The van der Waals surface area contributed by atoms with E-state index in [0.29, 0.717) is 33.5 Å². The molecule has 112 valence electrons. The van der Waals surface area contributed by atoms with Crippen LogP contribution in [-0.2, 0) is 21.3 Å². The number of ether oxygens (including phenoxy) is 2. The first-order chi connectivity index (χ1) is 9.93. The molecular formula is C13H12ClNO5S. The van der Waals surface area contributed by atoms with Gasteiger partial charge in [0.2, 0.25) is 6.79 Å². The highest BCUT2D eigenvalue weighted by atomic mass is 35.5. The third kappa shape index (κ3) is 3.14. The van der Waals surface area contributed by atoms with Crippen molar-refractivity contribution in [1.29, 1.82) is 0 Å². The van der Waals surface area contributed by atoms with Crippen molar-refractivity contribution in [1.82, 2.24) is 5.16 Å². The molecule has 0 bridgehead atoms. The monoisotopic (exact) mass is 329 g/mol. The van der Waals surface area contributed by atoms with Gasteiger partial charge >= 0.3 is 0 Å². The van der Waals surface area contributed by atoms with Crippen molar-refractivity contribution in [3.8, 4) is 11.5 Å². The Morgan fingerprint density at radius 1 is 1.24 bits per heavy atom. The highest BCUT2D eigenvalue weighted by molar-refractivity contribution is 7.89. The van der Waals surface area contributed by atoms with Gasteiger partial charge in [-0.3, -0.25) is 0 Å². The molecule has 0 saturated heterocycles. The van der Waals surface area contributed by atoms with Gasteiger partial charge in [0, 0.05) is 6.07 Å². The zero-order valence-electron chi connectivity index (χ0n) is 11.1. The van der Waals surface area contributed by atoms with Crippen LogP contribution < -0.4 is 9.47 Å². The van der Waals surface area contributed by atoms with Crippen molar-refractivity contribution in [3.63, 3.8) is 0 Å². The van der Waals surface area contributed by atoms with Crippen molar-refractivity contribution in [2.75, 3.05) is 6.79 Å². The normalized spacial score (nSPS) is 13.6. The summed E-state index contributed by atoms with van der Waals surface area (Å²) in [6, 6.07) is 4.79. The highest BCUT2D eigenvalue weighted by Gasteiger charge is 2.22. The summed E-state index contributed by atoms with van der Waals surface area (Å²) in [5.74, 6) is 0.856. The molecule has 2 heterocycles. The quantitative estimate of drug-likeness (QED) is 0.857. The van der Waals surface area contributed by atoms with Gasteiger partial charge in [0.1, 0.15) is 5.75 Å². The fourth-order valence-electron chi connectivity index (χ4n) is 2.11. The Morgan fingerprint density at radius 2 is 2.05 bits per heavy atom. The van der Waals surface area contributed by atoms with Crippen molar-refractivity contribution >= 4 is 21.4 Å². The number of aryl methyl sites for hydroxylation is 1. The van der Waals surface area contributed by atoms with Gasteiger partial charge in [0.05, 0.1) is 16.5 Å². The van der Waals surface area contributed by atoms with Gasteiger partial charge < -0.3 is 14.0 Å². The molecule has 0 N–H and O–H groups in total. The Hall–Kier alpha value is -1.73. The third-order valence-corrected chi connectivity index (χ3v) is 4.69. The third-order valence-electron chi connectivity index (χ3n) is 2.91. The molecule has 6 nitrogen and oxygen atoms in total. The summed E-state index contributed by atoms with van der Waals surface area (Å²) >= 11 is 6.04. The van der Waals surface area contributed by atoms with E-state index in [1.54, 1.807) is 25.1 Å². The Labute approximate surface area is 126 Å². The smallest absolute Gasteiger partial charge is 0.231 e. The standard InChI is InChI=1S/C13H12ClNO5S/c1-8-2-10(20-15-8)6-21(16,17)5-9-3-11(14)13-12(4-9)18-7-19-13/h2-4H,5-7H2,1H3. The summed E-state index contributed by atoms with van der Waals surface area (Å²) in [7, 11) is -3.40. The minimum Gasteiger partial charge on any atom is -0.454 e. The molecule has 0 unspecified atom stereocenters. The number of hydrogen-bond acceptors (Lipinski definition) is 6. The molecule has 1 aliphatic rings. The van der Waals surface area contributed by atoms with Gasteiger partial charge in [-0.25, -0.2) is 8.42 Å². The van der Waals surface area contributed by atoms with E-state index in [0.717, 1.165) is 0 Å². The van der Waals surface area contributed by atoms with E-state index in [4.69, 9.17) is 25.6 Å². The molecule has 2 aromatic rings. The number of aromatic nitrogens is 1. The van der Waals surface area contributed by atoms with Crippen LogP contribution in [0, 0.1) is 6.92 Å². The van der Waals surface area contributed by atoms with Crippen molar-refractivity contribution in [2.45, 2.75) is 18.4 Å². The second kappa shape index (κ2) is 5.23. The summed E-state index contributed by atoms with van der Waals surface area (Å²) in [6.45, 7) is 1.82. The van der Waals surface area contributed by atoms with Crippen molar-refractivity contribution < 1.29 is 22.4 Å². The van der Waals surface area contributed by atoms with Gasteiger partial charge in [-0.1, -0.05) is 16.8 Å². The van der Waals surface area contributed by atoms with Gasteiger partial charge in [0.25, 0.3) is 0 Å². The molecule has 0 radical (unpaired) electrons. The maximum absolute atomic E-state index is 12.2. The van der Waals surface area contributed by atoms with E-state index in [9.17, 15) is 8.42 Å². The molecule has 3 rings (SSSR count). The lowest BCUT2D eigenvalue weighted by Crippen LogP contribution is -2.07. The topological polar surface area (TPSA) is 78.6 Å². The maximum atomic E-state index is 12.2. The Kier molecular flexibility index (Phi) is 3.54. The van der Waals surface area contributed by atoms with E-state index >= 15 is 0 Å². The van der Waals surface area contributed by atoms with Crippen molar-refractivity contribution in [3.05, 3.63) is 40.2 Å². The SMILES string of the molecule is Cc1cc(CS(=O)(=O)Cc2cc(Cl)c3c(c2)OCO3)on1. The number of halogens is 1.